The lowest BCUT2D eigenvalue weighted by molar-refractivity contribution is 0.0521. The van der Waals surface area contributed by atoms with Crippen molar-refractivity contribution in [2.75, 3.05) is 11.4 Å². The van der Waals surface area contributed by atoms with Crippen LogP contribution in [0.3, 0.4) is 0 Å². The second kappa shape index (κ2) is 6.48. The Bertz CT molecular complexity index is 977. The molecule has 0 saturated heterocycles. The van der Waals surface area contributed by atoms with Gasteiger partial charge in [0.15, 0.2) is 5.78 Å². The van der Waals surface area contributed by atoms with Gasteiger partial charge in [-0.15, -0.1) is 0 Å². The SMILES string of the molecule is CC(C)(C)OC(=O)NCC[C@]12C(=O)c3ccccc3N1C=Nc1ccccc12. The Morgan fingerprint density at radius 2 is 1.86 bits per heavy atom. The van der Waals surface area contributed by atoms with E-state index in [4.69, 9.17) is 4.74 Å². The first-order valence-corrected chi connectivity index (χ1v) is 9.37. The van der Waals surface area contributed by atoms with E-state index in [9.17, 15) is 9.59 Å². The number of nitrogens with zero attached hydrogens (tertiary/aromatic N) is 2. The number of anilines is 1. The fourth-order valence-corrected chi connectivity index (χ4v) is 3.91. The van der Waals surface area contributed by atoms with Crippen LogP contribution in [0.2, 0.25) is 0 Å². The van der Waals surface area contributed by atoms with E-state index in [2.05, 4.69) is 10.3 Å². The van der Waals surface area contributed by atoms with E-state index in [0.29, 0.717) is 18.5 Å². The molecule has 0 spiro atoms. The first-order valence-electron chi connectivity index (χ1n) is 9.37. The van der Waals surface area contributed by atoms with Crippen molar-refractivity contribution in [3.63, 3.8) is 0 Å². The molecule has 2 aliphatic rings. The normalized spacial score (nSPS) is 19.7. The van der Waals surface area contributed by atoms with Crippen LogP contribution in [0.4, 0.5) is 16.2 Å². The van der Waals surface area contributed by atoms with Gasteiger partial charge >= 0.3 is 6.09 Å². The molecule has 0 aromatic heterocycles. The summed E-state index contributed by atoms with van der Waals surface area (Å²) >= 11 is 0. The van der Waals surface area contributed by atoms with Gasteiger partial charge in [0.05, 0.1) is 17.7 Å². The van der Waals surface area contributed by atoms with Crippen molar-refractivity contribution in [1.82, 2.24) is 5.32 Å². The number of alkyl carbamates (subject to hydrolysis) is 1. The number of benzene rings is 2. The quantitative estimate of drug-likeness (QED) is 0.871. The summed E-state index contributed by atoms with van der Waals surface area (Å²) in [5, 5.41) is 2.79. The van der Waals surface area contributed by atoms with Crippen molar-refractivity contribution in [2.45, 2.75) is 38.3 Å². The van der Waals surface area contributed by atoms with Gasteiger partial charge in [-0.05, 0) is 39.0 Å². The van der Waals surface area contributed by atoms with E-state index in [1.54, 1.807) is 6.34 Å². The molecule has 0 fully saturated rings. The summed E-state index contributed by atoms with van der Waals surface area (Å²) in [5.74, 6) is 0.0210. The number of hydrogen-bond acceptors (Lipinski definition) is 5. The first-order chi connectivity index (χ1) is 13.3. The molecule has 0 saturated carbocycles. The number of amides is 1. The summed E-state index contributed by atoms with van der Waals surface area (Å²) in [6.45, 7) is 5.75. The highest BCUT2D eigenvalue weighted by Crippen LogP contribution is 2.50. The highest BCUT2D eigenvalue weighted by Gasteiger charge is 2.54. The van der Waals surface area contributed by atoms with Crippen molar-refractivity contribution in [1.29, 1.82) is 0 Å². The highest BCUT2D eigenvalue weighted by atomic mass is 16.6. The van der Waals surface area contributed by atoms with Crippen LogP contribution in [0.1, 0.15) is 43.1 Å². The van der Waals surface area contributed by atoms with Crippen LogP contribution in [-0.4, -0.2) is 30.4 Å². The molecule has 0 bridgehead atoms. The molecule has 4 rings (SSSR count). The van der Waals surface area contributed by atoms with Gasteiger partial charge in [0.25, 0.3) is 0 Å². The van der Waals surface area contributed by atoms with Gasteiger partial charge in [-0.1, -0.05) is 30.3 Å². The lowest BCUT2D eigenvalue weighted by atomic mass is 9.80. The van der Waals surface area contributed by atoms with E-state index < -0.39 is 17.2 Å². The standard InChI is InChI=1S/C22H23N3O3/c1-21(2,3)28-20(27)23-13-12-22-16-9-5-6-10-17(16)24-14-25(22)18-11-7-4-8-15(18)19(22)26/h4-11,14H,12-13H2,1-3H3,(H,23,27)/t22-/m0/s1. The molecule has 6 heteroatoms. The van der Waals surface area contributed by atoms with Gasteiger partial charge in [-0.25, -0.2) is 9.79 Å². The molecule has 0 radical (unpaired) electrons. The highest BCUT2D eigenvalue weighted by molar-refractivity contribution is 6.19. The molecule has 2 aliphatic heterocycles. The fraction of sp³-hybridized carbons (Fsp3) is 0.318. The second-order valence-electron chi connectivity index (χ2n) is 8.02. The molecule has 1 atom stereocenters. The van der Waals surface area contributed by atoms with Crippen LogP contribution in [0.15, 0.2) is 53.5 Å². The van der Waals surface area contributed by atoms with Crippen molar-refractivity contribution in [3.05, 3.63) is 59.7 Å². The number of carbonyl (C=O) groups is 2. The molecule has 144 valence electrons. The van der Waals surface area contributed by atoms with E-state index >= 15 is 0 Å². The fourth-order valence-electron chi connectivity index (χ4n) is 3.91. The number of aliphatic imine (C=N–C) groups is 1. The maximum Gasteiger partial charge on any atom is 0.407 e. The molecule has 2 aromatic carbocycles. The number of Topliss-reactive ketones (excluding diaryl/α,β-unsaturated/α-hetero) is 1. The molecule has 2 heterocycles. The summed E-state index contributed by atoms with van der Waals surface area (Å²) in [5.41, 5.74) is 1.64. The van der Waals surface area contributed by atoms with Crippen LogP contribution >= 0.6 is 0 Å². The maximum absolute atomic E-state index is 13.6. The predicted octanol–water partition coefficient (Wildman–Crippen LogP) is 4.17. The Kier molecular flexibility index (Phi) is 4.22. The van der Waals surface area contributed by atoms with Crippen LogP contribution in [-0.2, 0) is 10.3 Å². The minimum absolute atomic E-state index is 0.0210. The molecule has 1 N–H and O–H groups in total. The van der Waals surface area contributed by atoms with Crippen LogP contribution < -0.4 is 10.2 Å². The largest absolute Gasteiger partial charge is 0.444 e. The molecular weight excluding hydrogens is 354 g/mol. The molecule has 0 aliphatic carbocycles. The number of fused-ring (bicyclic) bond motifs is 5. The summed E-state index contributed by atoms with van der Waals surface area (Å²) in [6.07, 6.45) is 1.64. The third kappa shape index (κ3) is 2.85. The number of carbonyl (C=O) groups excluding carboxylic acids is 2. The minimum Gasteiger partial charge on any atom is -0.444 e. The average Bonchev–Trinajstić information content (AvgIpc) is 2.90. The number of ketones is 1. The minimum atomic E-state index is -0.920. The zero-order valence-electron chi connectivity index (χ0n) is 16.2. The van der Waals surface area contributed by atoms with Gasteiger partial charge < -0.3 is 15.0 Å². The van der Waals surface area contributed by atoms with Crippen molar-refractivity contribution in [3.8, 4) is 0 Å². The van der Waals surface area contributed by atoms with Gasteiger partial charge in [-0.3, -0.25) is 4.79 Å². The predicted molar refractivity (Wildman–Crippen MR) is 108 cm³/mol. The van der Waals surface area contributed by atoms with Gasteiger partial charge in [0, 0.05) is 24.1 Å². The number of rotatable bonds is 3. The van der Waals surface area contributed by atoms with E-state index in [-0.39, 0.29) is 5.78 Å². The Hall–Kier alpha value is -3.15. The lowest BCUT2D eigenvalue weighted by Crippen LogP contribution is -2.50. The summed E-state index contributed by atoms with van der Waals surface area (Å²) in [7, 11) is 0. The van der Waals surface area contributed by atoms with E-state index in [1.807, 2.05) is 74.2 Å². The molecule has 28 heavy (non-hydrogen) atoms. The van der Waals surface area contributed by atoms with Crippen LogP contribution in [0.5, 0.6) is 0 Å². The van der Waals surface area contributed by atoms with Crippen molar-refractivity contribution in [2.24, 2.45) is 4.99 Å². The molecule has 1 amide bonds. The zero-order chi connectivity index (χ0) is 19.9. The smallest absolute Gasteiger partial charge is 0.407 e. The van der Waals surface area contributed by atoms with Crippen LogP contribution in [0.25, 0.3) is 0 Å². The monoisotopic (exact) mass is 377 g/mol. The summed E-state index contributed by atoms with van der Waals surface area (Å²) in [6, 6.07) is 15.2. The third-order valence-electron chi connectivity index (χ3n) is 5.01. The maximum atomic E-state index is 13.6. The number of nitrogens with one attached hydrogen (secondary N) is 1. The molecular formula is C22H23N3O3. The van der Waals surface area contributed by atoms with E-state index in [1.165, 1.54) is 0 Å². The topological polar surface area (TPSA) is 71.0 Å². The summed E-state index contributed by atoms with van der Waals surface area (Å²) < 4.78 is 5.32. The molecule has 0 unspecified atom stereocenters. The van der Waals surface area contributed by atoms with Crippen LogP contribution in [0, 0.1) is 0 Å². The summed E-state index contributed by atoms with van der Waals surface area (Å²) in [4.78, 5) is 32.1. The number of para-hydroxylation sites is 2. The average molecular weight is 377 g/mol. The lowest BCUT2D eigenvalue weighted by Gasteiger charge is -2.39. The Morgan fingerprint density at radius 3 is 2.64 bits per heavy atom. The van der Waals surface area contributed by atoms with E-state index in [0.717, 1.165) is 16.9 Å². The third-order valence-corrected chi connectivity index (χ3v) is 5.01. The van der Waals surface area contributed by atoms with Gasteiger partial charge in [-0.2, -0.15) is 0 Å². The zero-order valence-corrected chi connectivity index (χ0v) is 16.2. The number of ether oxygens (including phenoxy) is 1. The Labute approximate surface area is 164 Å². The molecule has 2 aromatic rings. The van der Waals surface area contributed by atoms with Gasteiger partial charge in [0.1, 0.15) is 11.1 Å². The Morgan fingerprint density at radius 1 is 1.14 bits per heavy atom. The van der Waals surface area contributed by atoms with Crippen molar-refractivity contribution >= 4 is 29.6 Å². The van der Waals surface area contributed by atoms with Gasteiger partial charge in [0.2, 0.25) is 0 Å². The Balaban J connectivity index is 1.68. The molecule has 6 nitrogen and oxygen atoms in total. The first kappa shape index (κ1) is 18.2. The number of hydrogen-bond donors (Lipinski definition) is 1. The van der Waals surface area contributed by atoms with Crippen molar-refractivity contribution < 1.29 is 14.3 Å². The second-order valence-corrected chi connectivity index (χ2v) is 8.02.